The average Bonchev–Trinajstić information content (AvgIpc) is 3.62. The van der Waals surface area contributed by atoms with Crippen LogP contribution in [0.4, 0.5) is 22.0 Å². The van der Waals surface area contributed by atoms with Gasteiger partial charge in [-0.25, -0.2) is 9.78 Å². The molecule has 8 rings (SSSR count). The zero-order chi connectivity index (χ0) is 41.4. The highest BCUT2D eigenvalue weighted by Crippen LogP contribution is 2.33. The lowest BCUT2D eigenvalue weighted by atomic mass is 10.0. The van der Waals surface area contributed by atoms with E-state index in [9.17, 15) is 19.5 Å². The van der Waals surface area contributed by atoms with Gasteiger partial charge in [0.2, 0.25) is 11.8 Å². The van der Waals surface area contributed by atoms with Crippen molar-refractivity contribution < 1.29 is 19.5 Å². The molecule has 0 atom stereocenters. The summed E-state index contributed by atoms with van der Waals surface area (Å²) in [4.78, 5) is 52.5. The first kappa shape index (κ1) is 40.9. The van der Waals surface area contributed by atoms with Gasteiger partial charge in [0.15, 0.2) is 5.65 Å². The summed E-state index contributed by atoms with van der Waals surface area (Å²) < 4.78 is 2.02. The number of β-amino-alcohol motifs (C(OH)–C–C–N with tert-alkyl or cyclic N) is 1. The van der Waals surface area contributed by atoms with Crippen LogP contribution >= 0.6 is 0 Å². The maximum absolute atomic E-state index is 13.0. The number of aryl methyl sites for hydroxylation is 2. The van der Waals surface area contributed by atoms with Crippen molar-refractivity contribution in [2.24, 2.45) is 0 Å². The summed E-state index contributed by atoms with van der Waals surface area (Å²) in [6, 6.07) is 28.4. The maximum Gasteiger partial charge on any atom is 0.328 e. The van der Waals surface area contributed by atoms with E-state index in [-0.39, 0.29) is 31.4 Å². The van der Waals surface area contributed by atoms with Crippen molar-refractivity contribution in [1.82, 2.24) is 34.6 Å². The first-order chi connectivity index (χ1) is 29.3. The Morgan fingerprint density at radius 1 is 0.783 bits per heavy atom. The lowest BCUT2D eigenvalue weighted by molar-refractivity contribution is -0.131. The third kappa shape index (κ3) is 9.62. The summed E-state index contributed by atoms with van der Waals surface area (Å²) in [6.07, 6.45) is 4.65. The van der Waals surface area contributed by atoms with Crippen molar-refractivity contribution in [1.29, 1.82) is 0 Å². The molecule has 3 aliphatic rings. The summed E-state index contributed by atoms with van der Waals surface area (Å²) >= 11 is 0. The molecular formula is C46H56N10O4. The van der Waals surface area contributed by atoms with Crippen LogP contribution < -0.4 is 20.4 Å². The Balaban J connectivity index is 0.816. The number of imide groups is 1. The number of piperazine rings is 2. The van der Waals surface area contributed by atoms with Gasteiger partial charge in [-0.1, -0.05) is 55.0 Å². The molecule has 4 amide bonds. The summed E-state index contributed by atoms with van der Waals surface area (Å²) in [5.41, 5.74) is 8.87. The molecule has 0 bridgehead atoms. The van der Waals surface area contributed by atoms with Crippen molar-refractivity contribution in [2.75, 3.05) is 100 Å². The van der Waals surface area contributed by atoms with Gasteiger partial charge < -0.3 is 20.2 Å². The molecule has 60 heavy (non-hydrogen) atoms. The fourth-order valence-electron chi connectivity index (χ4n) is 8.57. The number of fused-ring (bicyclic) bond motifs is 1. The number of aromatic nitrogens is 3. The predicted molar refractivity (Wildman–Crippen MR) is 235 cm³/mol. The number of hydrogen-bond acceptors (Lipinski definition) is 10. The van der Waals surface area contributed by atoms with Crippen LogP contribution in [0, 0.1) is 6.92 Å². The van der Waals surface area contributed by atoms with Crippen molar-refractivity contribution in [3.8, 4) is 22.4 Å². The molecule has 3 saturated heterocycles. The van der Waals surface area contributed by atoms with Crippen molar-refractivity contribution in [3.05, 3.63) is 96.2 Å². The van der Waals surface area contributed by atoms with Gasteiger partial charge in [0.05, 0.1) is 24.5 Å². The molecule has 0 aliphatic carbocycles. The van der Waals surface area contributed by atoms with E-state index in [0.717, 1.165) is 130 Å². The Morgan fingerprint density at radius 3 is 2.27 bits per heavy atom. The van der Waals surface area contributed by atoms with Gasteiger partial charge in [0.1, 0.15) is 5.82 Å². The highest BCUT2D eigenvalue weighted by Gasteiger charge is 2.26. The first-order valence-electron chi connectivity index (χ1n) is 21.4. The SMILES string of the molecule is Cc1nn2c(N3CCN(CCO)CC3)cc(-c3cccc(CCCCCN4CCN(C(=O)CNc5ccc(N6CCC(=O)NC6=O)cc5)CC4)c3)nc2c1-c1ccccc1. The van der Waals surface area contributed by atoms with E-state index in [4.69, 9.17) is 10.1 Å². The minimum Gasteiger partial charge on any atom is -0.395 e. The molecule has 14 nitrogen and oxygen atoms in total. The highest BCUT2D eigenvalue weighted by molar-refractivity contribution is 6.05. The van der Waals surface area contributed by atoms with Crippen molar-refractivity contribution in [3.63, 3.8) is 0 Å². The normalized spacial score (nSPS) is 16.7. The summed E-state index contributed by atoms with van der Waals surface area (Å²) in [6.45, 7) is 11.2. The van der Waals surface area contributed by atoms with E-state index in [1.165, 1.54) is 5.56 Å². The van der Waals surface area contributed by atoms with Crippen molar-refractivity contribution in [2.45, 2.75) is 39.0 Å². The summed E-state index contributed by atoms with van der Waals surface area (Å²) in [5, 5.41) is 20.1. The minimum atomic E-state index is -0.411. The molecule has 0 spiro atoms. The number of nitrogens with zero attached hydrogens (tertiary/aromatic N) is 8. The smallest absolute Gasteiger partial charge is 0.328 e. The van der Waals surface area contributed by atoms with Crippen LogP contribution in [0.25, 0.3) is 28.0 Å². The van der Waals surface area contributed by atoms with E-state index in [1.807, 2.05) is 39.7 Å². The van der Waals surface area contributed by atoms with E-state index in [2.05, 4.69) is 86.9 Å². The van der Waals surface area contributed by atoms with Gasteiger partial charge in [-0.2, -0.15) is 9.61 Å². The standard InChI is InChI=1S/C46H56N10O4/c1-34-44(36-11-5-2-6-12-36)45-48-40(32-42(56(45)50-34)53-25-21-52(22-26-53)29-30-57)37-13-8-10-35(31-37)9-4-3-7-19-51-23-27-54(28-24-51)43(59)33-47-38-14-16-39(17-15-38)55-20-18-41(58)49-46(55)60/h2,5-6,8,10-17,31-32,47,57H,3-4,7,9,18-30,33H2,1H3,(H,49,58,60). The number of rotatable bonds is 15. The number of carbonyl (C=O) groups excluding carboxylic acids is 3. The van der Waals surface area contributed by atoms with Crippen molar-refractivity contribution >= 4 is 40.7 Å². The topological polar surface area (TPSA) is 142 Å². The Morgan fingerprint density at radius 2 is 1.52 bits per heavy atom. The first-order valence-corrected chi connectivity index (χ1v) is 21.4. The fourth-order valence-corrected chi connectivity index (χ4v) is 8.57. The monoisotopic (exact) mass is 812 g/mol. The molecule has 14 heteroatoms. The lowest BCUT2D eigenvalue weighted by Gasteiger charge is -2.35. The number of aliphatic hydroxyl groups excluding tert-OH is 1. The van der Waals surface area contributed by atoms with E-state index < -0.39 is 6.03 Å². The molecule has 5 heterocycles. The fraction of sp³-hybridized carbons (Fsp3) is 0.413. The summed E-state index contributed by atoms with van der Waals surface area (Å²) in [7, 11) is 0. The van der Waals surface area contributed by atoms with Gasteiger partial charge in [-0.3, -0.25) is 29.6 Å². The van der Waals surface area contributed by atoms with Crippen LogP contribution in [0.2, 0.25) is 0 Å². The number of benzene rings is 3. The van der Waals surface area contributed by atoms with Gasteiger partial charge >= 0.3 is 6.03 Å². The third-order valence-corrected chi connectivity index (χ3v) is 12.0. The maximum atomic E-state index is 13.0. The number of aliphatic hydroxyl groups is 1. The average molecular weight is 813 g/mol. The third-order valence-electron chi connectivity index (χ3n) is 12.0. The molecular weight excluding hydrogens is 757 g/mol. The number of amides is 4. The Kier molecular flexibility index (Phi) is 13.0. The number of unbranched alkanes of at least 4 members (excludes halogenated alkanes) is 2. The van der Waals surface area contributed by atoms with E-state index in [0.29, 0.717) is 18.8 Å². The van der Waals surface area contributed by atoms with E-state index in [1.54, 1.807) is 4.90 Å². The Hall–Kier alpha value is -5.83. The van der Waals surface area contributed by atoms with E-state index >= 15 is 0 Å². The minimum absolute atomic E-state index is 0.0789. The highest BCUT2D eigenvalue weighted by atomic mass is 16.3. The van der Waals surface area contributed by atoms with Crippen LogP contribution in [0.3, 0.4) is 0 Å². The number of nitrogens with one attached hydrogen (secondary N) is 2. The van der Waals surface area contributed by atoms with Gasteiger partial charge in [-0.05, 0) is 74.2 Å². The van der Waals surface area contributed by atoms with Crippen LogP contribution in [0.5, 0.6) is 0 Å². The Labute approximate surface area is 351 Å². The zero-order valence-corrected chi connectivity index (χ0v) is 34.6. The summed E-state index contributed by atoms with van der Waals surface area (Å²) in [5.74, 6) is 0.868. The van der Waals surface area contributed by atoms with Crippen LogP contribution in [0.15, 0.2) is 84.9 Å². The largest absolute Gasteiger partial charge is 0.395 e. The number of urea groups is 1. The molecule has 3 fully saturated rings. The van der Waals surface area contributed by atoms with Crippen LogP contribution in [-0.4, -0.2) is 137 Å². The molecule has 2 aromatic heterocycles. The lowest BCUT2D eigenvalue weighted by Crippen LogP contribution is -2.50. The quantitative estimate of drug-likeness (QED) is 0.125. The molecule has 3 aliphatic heterocycles. The molecule has 0 saturated carbocycles. The van der Waals surface area contributed by atoms with Gasteiger partial charge in [-0.15, -0.1) is 0 Å². The molecule has 5 aromatic rings. The van der Waals surface area contributed by atoms with Crippen LogP contribution in [0.1, 0.15) is 36.9 Å². The van der Waals surface area contributed by atoms with Gasteiger partial charge in [0.25, 0.3) is 0 Å². The number of anilines is 3. The zero-order valence-electron chi connectivity index (χ0n) is 34.6. The number of hydrogen-bond donors (Lipinski definition) is 3. The van der Waals surface area contributed by atoms with Gasteiger partial charge in [0, 0.05) is 100 Å². The molecule has 314 valence electrons. The second-order valence-electron chi connectivity index (χ2n) is 16.0. The van der Waals surface area contributed by atoms with Crippen LogP contribution in [-0.2, 0) is 16.0 Å². The molecule has 3 aromatic carbocycles. The molecule has 3 N–H and O–H groups in total. The Bertz CT molecular complexity index is 2260. The molecule has 0 unspecified atom stereocenters. The number of carbonyl (C=O) groups is 3. The predicted octanol–water partition coefficient (Wildman–Crippen LogP) is 4.90. The second-order valence-corrected chi connectivity index (χ2v) is 16.0. The second kappa shape index (κ2) is 19.0. The molecule has 0 radical (unpaired) electrons.